The average Bonchev–Trinajstić information content (AvgIpc) is 2.38. The number of nitrogens with zero attached hydrogens (tertiary/aromatic N) is 3. The molecule has 0 fully saturated rings. The highest BCUT2D eigenvalue weighted by Gasteiger charge is 2.43. The van der Waals surface area contributed by atoms with Crippen LogP contribution in [0.4, 0.5) is 39.5 Å². The fourth-order valence-electron chi connectivity index (χ4n) is 1.08. The van der Waals surface area contributed by atoms with Crippen molar-refractivity contribution in [1.82, 2.24) is 0 Å². The van der Waals surface area contributed by atoms with Crippen molar-refractivity contribution >= 4 is 54.1 Å². The molecule has 1 heterocycles. The molecule has 21 heteroatoms. The van der Waals surface area contributed by atoms with Crippen LogP contribution >= 0.6 is 54.1 Å². The van der Waals surface area contributed by atoms with Gasteiger partial charge in [0.1, 0.15) is 0 Å². The molecule has 0 radical (unpaired) electrons. The van der Waals surface area contributed by atoms with Gasteiger partial charge in [-0.25, -0.2) is 0 Å². The Balaban J connectivity index is 3.32. The zero-order valence-corrected chi connectivity index (χ0v) is 17.0. The zero-order valence-electron chi connectivity index (χ0n) is 12.1. The maximum atomic E-state index is 12.3. The van der Waals surface area contributed by atoms with Gasteiger partial charge in [0.15, 0.2) is 19.8 Å². The fraction of sp³-hybridized carbons (Fsp3) is 1.00. The summed E-state index contributed by atoms with van der Waals surface area (Å²) in [4.78, 5) is 0. The number of alkyl halides is 9. The minimum absolute atomic E-state index is 2.09. The third-order valence-corrected chi connectivity index (χ3v) is 13.0. The average molecular weight is 538 g/mol. The first kappa shape index (κ1) is 25.8. The van der Waals surface area contributed by atoms with Crippen molar-refractivity contribution < 1.29 is 53.1 Å². The lowest BCUT2D eigenvalue weighted by molar-refractivity contribution is -0.152. The summed E-state index contributed by atoms with van der Waals surface area (Å²) < 4.78 is 133. The predicted molar refractivity (Wildman–Crippen MR) is 81.6 cm³/mol. The molecule has 0 spiro atoms. The van der Waals surface area contributed by atoms with Crippen LogP contribution in [0.3, 0.4) is 0 Å². The molecular formula is C6H6Cl3F9N3O3P3. The third kappa shape index (κ3) is 10.4. The standard InChI is InChI=1S/C6H6Cl3F9N3O3P3/c7-25(22-1-4(10,11)12)19-26(8,23-2-5(13,14)15)21-27(9,20-25)24-3-6(16,17)18/h1-3H2. The van der Waals surface area contributed by atoms with Gasteiger partial charge in [0.25, 0.3) is 0 Å². The molecule has 0 saturated carbocycles. The molecule has 27 heavy (non-hydrogen) atoms. The summed E-state index contributed by atoms with van der Waals surface area (Å²) in [6.07, 6.45) is -15.0. The second kappa shape index (κ2) is 8.51. The van der Waals surface area contributed by atoms with Crippen LogP contribution in [-0.4, -0.2) is 38.3 Å². The Labute approximate surface area is 159 Å². The Kier molecular flexibility index (Phi) is 8.15. The van der Waals surface area contributed by atoms with Gasteiger partial charge in [0.05, 0.1) is 0 Å². The summed E-state index contributed by atoms with van der Waals surface area (Å²) in [6, 6.07) is 0. The van der Waals surface area contributed by atoms with E-state index in [1.807, 2.05) is 0 Å². The monoisotopic (exact) mass is 537 g/mol. The molecule has 1 aliphatic heterocycles. The lowest BCUT2D eigenvalue weighted by Gasteiger charge is -2.27. The molecule has 1 rings (SSSR count). The number of rotatable bonds is 6. The Hall–Kier alpha value is 0.810. The molecule has 0 N–H and O–H groups in total. The number of hydrogen-bond donors (Lipinski definition) is 0. The van der Waals surface area contributed by atoms with Gasteiger partial charge in [-0.1, -0.05) is 0 Å². The second-order valence-electron chi connectivity index (χ2n) is 4.35. The summed E-state index contributed by atoms with van der Waals surface area (Å²) in [5.41, 5.74) is 0. The molecule has 162 valence electrons. The van der Waals surface area contributed by atoms with Crippen molar-refractivity contribution in [3.8, 4) is 0 Å². The van der Waals surface area contributed by atoms with Crippen LogP contribution in [0.1, 0.15) is 0 Å². The molecule has 6 nitrogen and oxygen atoms in total. The summed E-state index contributed by atoms with van der Waals surface area (Å²) >= 11 is 16.8. The first-order valence-corrected chi connectivity index (χ1v) is 13.4. The minimum atomic E-state index is -4.98. The van der Waals surface area contributed by atoms with Crippen LogP contribution < -0.4 is 0 Å². The van der Waals surface area contributed by atoms with Crippen LogP contribution in [0, 0.1) is 0 Å². The molecule has 0 bridgehead atoms. The normalized spacial score (nSPS) is 32.4. The lowest BCUT2D eigenvalue weighted by atomic mass is 10.7. The van der Waals surface area contributed by atoms with Crippen LogP contribution in [-0.2, 0) is 13.6 Å². The zero-order chi connectivity index (χ0) is 21.4. The van der Waals surface area contributed by atoms with E-state index in [2.05, 4.69) is 27.1 Å². The smallest absolute Gasteiger partial charge is 0.306 e. The van der Waals surface area contributed by atoms with Crippen molar-refractivity contribution in [3.05, 3.63) is 0 Å². The van der Waals surface area contributed by atoms with E-state index in [9.17, 15) is 39.5 Å². The Bertz CT molecular complexity index is 610. The second-order valence-corrected chi connectivity index (χ2v) is 14.1. The number of hydrogen-bond acceptors (Lipinski definition) is 6. The van der Waals surface area contributed by atoms with Crippen LogP contribution in [0.15, 0.2) is 13.5 Å². The van der Waals surface area contributed by atoms with Gasteiger partial charge in [-0.05, 0) is 33.7 Å². The first-order chi connectivity index (χ1) is 11.7. The molecule has 0 aliphatic carbocycles. The van der Waals surface area contributed by atoms with Crippen molar-refractivity contribution in [1.29, 1.82) is 0 Å². The molecular weight excluding hydrogens is 532 g/mol. The van der Waals surface area contributed by atoms with Gasteiger partial charge < -0.3 is 13.6 Å². The highest BCUT2D eigenvalue weighted by Crippen LogP contribution is 2.84. The van der Waals surface area contributed by atoms with E-state index < -0.39 is 58.7 Å². The quantitative estimate of drug-likeness (QED) is 0.253. The highest BCUT2D eigenvalue weighted by atomic mass is 35.7. The molecule has 0 aromatic rings. The van der Waals surface area contributed by atoms with E-state index in [1.54, 1.807) is 0 Å². The van der Waals surface area contributed by atoms with E-state index in [-0.39, 0.29) is 0 Å². The third-order valence-electron chi connectivity index (χ3n) is 1.84. The molecule has 0 amide bonds. The van der Waals surface area contributed by atoms with Crippen LogP contribution in [0.25, 0.3) is 0 Å². The summed E-state index contributed by atoms with van der Waals surface area (Å²) in [6.45, 7) is -20.1. The SMILES string of the molecule is FC(F)(F)COP1(Cl)=NP(Cl)(OCC(F)(F)F)=NP(Cl)(OCC(F)(F)F)=N1. The Morgan fingerprint density at radius 1 is 0.519 bits per heavy atom. The molecule has 0 unspecified atom stereocenters. The van der Waals surface area contributed by atoms with Gasteiger partial charge in [-0.2, -0.15) is 53.1 Å². The van der Waals surface area contributed by atoms with E-state index in [1.165, 1.54) is 0 Å². The van der Waals surface area contributed by atoms with E-state index in [0.717, 1.165) is 0 Å². The van der Waals surface area contributed by atoms with E-state index >= 15 is 0 Å². The lowest BCUT2D eigenvalue weighted by Crippen LogP contribution is -2.16. The number of halogens is 12. The molecule has 0 saturated heterocycles. The first-order valence-electron chi connectivity index (χ1n) is 5.88. The Morgan fingerprint density at radius 3 is 0.852 bits per heavy atom. The van der Waals surface area contributed by atoms with Gasteiger partial charge in [0, 0.05) is 0 Å². The summed E-state index contributed by atoms with van der Waals surface area (Å²) in [5, 5.41) is 0. The summed E-state index contributed by atoms with van der Waals surface area (Å²) in [7, 11) is 0. The van der Waals surface area contributed by atoms with Crippen LogP contribution in [0.2, 0.25) is 0 Å². The van der Waals surface area contributed by atoms with Crippen molar-refractivity contribution in [2.45, 2.75) is 18.5 Å². The summed E-state index contributed by atoms with van der Waals surface area (Å²) in [5.74, 6) is 0. The van der Waals surface area contributed by atoms with Crippen molar-refractivity contribution in [3.63, 3.8) is 0 Å². The molecule has 0 atom stereocenters. The molecule has 0 aromatic carbocycles. The topological polar surface area (TPSA) is 64.8 Å². The minimum Gasteiger partial charge on any atom is -0.306 e. The van der Waals surface area contributed by atoms with Gasteiger partial charge in [0.2, 0.25) is 0 Å². The largest absolute Gasteiger partial charge is 0.412 e. The molecule has 1 aliphatic rings. The van der Waals surface area contributed by atoms with Gasteiger partial charge in [-0.3, -0.25) is 0 Å². The molecule has 0 aromatic heterocycles. The van der Waals surface area contributed by atoms with Crippen LogP contribution in [0.5, 0.6) is 0 Å². The fourth-order valence-corrected chi connectivity index (χ4v) is 14.2. The van der Waals surface area contributed by atoms with Crippen molar-refractivity contribution in [2.75, 3.05) is 19.8 Å². The van der Waals surface area contributed by atoms with Gasteiger partial charge in [-0.15, -0.1) is 0 Å². The maximum Gasteiger partial charge on any atom is 0.412 e. The van der Waals surface area contributed by atoms with E-state index in [0.29, 0.717) is 0 Å². The maximum absolute atomic E-state index is 12.3. The van der Waals surface area contributed by atoms with Gasteiger partial charge >= 0.3 is 38.9 Å². The predicted octanol–water partition coefficient (Wildman–Crippen LogP) is 8.29. The van der Waals surface area contributed by atoms with Crippen molar-refractivity contribution in [2.24, 2.45) is 13.5 Å². The van der Waals surface area contributed by atoms with E-state index in [4.69, 9.17) is 33.7 Å². The highest BCUT2D eigenvalue weighted by molar-refractivity contribution is 8.05. The Morgan fingerprint density at radius 2 is 0.704 bits per heavy atom.